The predicted molar refractivity (Wildman–Crippen MR) is 325 cm³/mol. The molecule has 0 spiro atoms. The molecule has 0 bridgehead atoms. The van der Waals surface area contributed by atoms with Gasteiger partial charge in [0.25, 0.3) is 6.71 Å². The number of furan rings is 1. The average Bonchev–Trinajstić information content (AvgIpc) is 4.16. The maximum absolute atomic E-state index is 7.07. The van der Waals surface area contributed by atoms with Crippen LogP contribution >= 0.6 is 11.3 Å². The Morgan fingerprint density at radius 2 is 1.01 bits per heavy atom. The molecule has 3 nitrogen and oxygen atoms in total. The number of hydrogen-bond donors (Lipinski definition) is 0. The van der Waals surface area contributed by atoms with Gasteiger partial charge in [-0.1, -0.05) is 186 Å². The van der Waals surface area contributed by atoms with Crippen LogP contribution in [-0.2, 0) is 32.5 Å². The number of benzene rings is 8. The van der Waals surface area contributed by atoms with E-state index in [1.807, 2.05) is 0 Å². The molecule has 376 valence electrons. The first-order valence-corrected chi connectivity index (χ1v) is 28.7. The van der Waals surface area contributed by atoms with E-state index in [4.69, 9.17) is 4.42 Å². The summed E-state index contributed by atoms with van der Waals surface area (Å²) in [6, 6.07) is 56.7. The lowest BCUT2D eigenvalue weighted by atomic mass is 9.35. The largest absolute Gasteiger partial charge is 0.454 e. The lowest BCUT2D eigenvalue weighted by Crippen LogP contribution is -2.61. The van der Waals surface area contributed by atoms with Crippen LogP contribution in [0.2, 0.25) is 0 Å². The number of para-hydroxylation sites is 2. The number of fused-ring (bicyclic) bond motifs is 15. The van der Waals surface area contributed by atoms with Crippen LogP contribution < -0.4 is 25.5 Å². The number of anilines is 6. The van der Waals surface area contributed by atoms with Crippen LogP contribution in [0.5, 0.6) is 0 Å². The number of nitrogens with zero attached hydrogens (tertiary/aromatic N) is 2. The molecule has 0 radical (unpaired) electrons. The van der Waals surface area contributed by atoms with Crippen LogP contribution in [0.1, 0.15) is 157 Å². The molecule has 15 rings (SSSR count). The van der Waals surface area contributed by atoms with E-state index in [2.05, 4.69) is 257 Å². The third-order valence-electron chi connectivity index (χ3n) is 20.0. The molecular formula is C71H67BN2OS. The summed E-state index contributed by atoms with van der Waals surface area (Å²) < 4.78 is 9.90. The van der Waals surface area contributed by atoms with Gasteiger partial charge in [0, 0.05) is 70.0 Å². The van der Waals surface area contributed by atoms with Gasteiger partial charge in [-0.25, -0.2) is 0 Å². The third kappa shape index (κ3) is 5.80. The van der Waals surface area contributed by atoms with Crippen molar-refractivity contribution in [3.63, 3.8) is 0 Å². The zero-order valence-electron chi connectivity index (χ0n) is 46.6. The highest BCUT2D eigenvalue weighted by atomic mass is 32.1. The predicted octanol–water partition coefficient (Wildman–Crippen LogP) is 17.5. The van der Waals surface area contributed by atoms with Crippen molar-refractivity contribution in [1.82, 2.24) is 0 Å². The van der Waals surface area contributed by atoms with Gasteiger partial charge >= 0.3 is 0 Å². The smallest absolute Gasteiger partial charge is 0.264 e. The summed E-state index contributed by atoms with van der Waals surface area (Å²) in [6.45, 7) is 31.8. The lowest BCUT2D eigenvalue weighted by Gasteiger charge is -2.48. The molecule has 8 aromatic carbocycles. The van der Waals surface area contributed by atoms with Crippen molar-refractivity contribution in [3.8, 4) is 0 Å². The van der Waals surface area contributed by atoms with Gasteiger partial charge < -0.3 is 14.2 Å². The number of hydrogen-bond acceptors (Lipinski definition) is 4. The minimum atomic E-state index is -0.250. The SMILES string of the molecule is Cc1cc2c3c(c1)N(c1cccc4c1oc1ccccc14)c1cc4c(cc1B3c1sc3c5c(ccc3c1N2c1ccc2c(c1)C(C)(C)CCC2(C)C)C(C)(C)c1ccccc1C5(C)C)C(C)(C)c1ccccc1C4(C)C. The first-order chi connectivity index (χ1) is 36.1. The molecule has 0 saturated heterocycles. The zero-order chi connectivity index (χ0) is 52.5. The molecule has 0 unspecified atom stereocenters. The van der Waals surface area contributed by atoms with E-state index in [0.717, 1.165) is 34.0 Å². The van der Waals surface area contributed by atoms with Crippen molar-refractivity contribution in [2.45, 2.75) is 135 Å². The van der Waals surface area contributed by atoms with E-state index in [1.54, 1.807) is 0 Å². The average molecular weight is 1010 g/mol. The molecule has 76 heavy (non-hydrogen) atoms. The maximum atomic E-state index is 7.07. The Morgan fingerprint density at radius 1 is 0.447 bits per heavy atom. The van der Waals surface area contributed by atoms with Crippen LogP contribution in [0.25, 0.3) is 32.0 Å². The second-order valence-corrected chi connectivity index (χ2v) is 27.9. The van der Waals surface area contributed by atoms with Crippen molar-refractivity contribution in [1.29, 1.82) is 0 Å². The topological polar surface area (TPSA) is 19.6 Å². The van der Waals surface area contributed by atoms with Gasteiger partial charge in [-0.05, 0) is 145 Å². The molecular weight excluding hydrogens is 940 g/mol. The van der Waals surface area contributed by atoms with Crippen LogP contribution in [0.3, 0.4) is 0 Å². The van der Waals surface area contributed by atoms with Gasteiger partial charge in [0.15, 0.2) is 5.58 Å². The monoisotopic (exact) mass is 1010 g/mol. The van der Waals surface area contributed by atoms with Crippen LogP contribution in [-0.4, -0.2) is 6.71 Å². The highest BCUT2D eigenvalue weighted by Crippen LogP contribution is 2.58. The summed E-state index contributed by atoms with van der Waals surface area (Å²) in [5, 5.41) is 3.62. The summed E-state index contributed by atoms with van der Waals surface area (Å²) in [5.74, 6) is 0. The fourth-order valence-electron chi connectivity index (χ4n) is 15.8. The van der Waals surface area contributed by atoms with Crippen LogP contribution in [0, 0.1) is 6.92 Å². The Bertz CT molecular complexity index is 4230. The van der Waals surface area contributed by atoms with Gasteiger partial charge in [-0.15, -0.1) is 11.3 Å². The van der Waals surface area contributed by atoms with Crippen LogP contribution in [0.4, 0.5) is 34.1 Å². The van der Waals surface area contributed by atoms with Crippen molar-refractivity contribution >= 4 is 99.9 Å². The molecule has 0 N–H and O–H groups in total. The van der Waals surface area contributed by atoms with E-state index < -0.39 is 0 Å². The summed E-state index contributed by atoms with van der Waals surface area (Å²) in [5.41, 5.74) is 26.7. The van der Waals surface area contributed by atoms with Gasteiger partial charge in [0.1, 0.15) is 5.58 Å². The quantitative estimate of drug-likeness (QED) is 0.161. The van der Waals surface area contributed by atoms with Gasteiger partial charge in [-0.2, -0.15) is 0 Å². The van der Waals surface area contributed by atoms with Crippen molar-refractivity contribution < 1.29 is 4.42 Å². The fraction of sp³-hybridized carbons (Fsp3) is 0.296. The number of aryl methyl sites for hydroxylation is 1. The first kappa shape index (κ1) is 46.5. The summed E-state index contributed by atoms with van der Waals surface area (Å²) in [4.78, 5) is 5.34. The molecule has 0 amide bonds. The molecule has 5 aliphatic rings. The highest BCUT2D eigenvalue weighted by molar-refractivity contribution is 7.34. The summed E-state index contributed by atoms with van der Waals surface area (Å²) >= 11 is 2.07. The van der Waals surface area contributed by atoms with Gasteiger partial charge in [-0.3, -0.25) is 0 Å². The number of rotatable bonds is 2. The first-order valence-electron chi connectivity index (χ1n) is 27.9. The molecule has 0 saturated carbocycles. The lowest BCUT2D eigenvalue weighted by molar-refractivity contribution is 0.332. The summed E-state index contributed by atoms with van der Waals surface area (Å²) in [7, 11) is 0. The van der Waals surface area contributed by atoms with Crippen molar-refractivity contribution in [3.05, 3.63) is 207 Å². The Morgan fingerprint density at radius 3 is 1.70 bits per heavy atom. The van der Waals surface area contributed by atoms with E-state index >= 15 is 0 Å². The van der Waals surface area contributed by atoms with Crippen LogP contribution in [0.15, 0.2) is 150 Å². The third-order valence-corrected chi connectivity index (χ3v) is 21.3. The van der Waals surface area contributed by atoms with E-state index in [0.29, 0.717) is 0 Å². The Hall–Kier alpha value is -6.82. The molecule has 4 heterocycles. The molecule has 0 atom stereocenters. The molecule has 2 aliphatic heterocycles. The van der Waals surface area contributed by atoms with E-state index in [-0.39, 0.29) is 39.2 Å². The molecule has 10 aromatic rings. The minimum Gasteiger partial charge on any atom is -0.454 e. The standard InChI is InChI=1S/C71H67BN2OS/c1-40-35-57-61-58(36-40)74(55-27-20-22-43-42-21-14-19-28-59(42)75-63(43)55)56-39-53-52(69(8,9)46-23-15-16-24-47(46)70(53,10)11)38-54(56)72(61)65-62(73(57)41-29-31-45-51(37-41)67(4,5)34-33-66(45,2)3)44-30-32-50-60(64(44)76-65)71(12,13)49-26-18-17-25-48(49)68(50,6)7/h14-32,35-39H,33-34H2,1-13H3. The van der Waals surface area contributed by atoms with Gasteiger partial charge in [0.2, 0.25) is 0 Å². The molecule has 5 heteroatoms. The summed E-state index contributed by atoms with van der Waals surface area (Å²) in [6.07, 6.45) is 2.34. The molecule has 0 fully saturated rings. The van der Waals surface area contributed by atoms with Gasteiger partial charge in [0.05, 0.1) is 11.4 Å². The molecule has 2 aromatic heterocycles. The van der Waals surface area contributed by atoms with E-state index in [1.165, 1.54) is 122 Å². The molecule has 3 aliphatic carbocycles. The normalized spacial score (nSPS) is 19.0. The highest BCUT2D eigenvalue weighted by Gasteiger charge is 2.51. The number of thiophene rings is 1. The van der Waals surface area contributed by atoms with E-state index in [9.17, 15) is 0 Å². The zero-order valence-corrected chi connectivity index (χ0v) is 47.4. The second kappa shape index (κ2) is 14.8. The Labute approximate surface area is 453 Å². The Balaban J connectivity index is 1.10. The maximum Gasteiger partial charge on any atom is 0.264 e. The fourth-order valence-corrected chi connectivity index (χ4v) is 17.4. The minimum absolute atomic E-state index is 0.0339. The van der Waals surface area contributed by atoms with Crippen molar-refractivity contribution in [2.75, 3.05) is 9.80 Å². The Kier molecular flexibility index (Phi) is 9.05. The van der Waals surface area contributed by atoms with Crippen molar-refractivity contribution in [2.24, 2.45) is 0 Å². The second-order valence-electron chi connectivity index (χ2n) is 26.8.